The number of hydrogen-bond donors (Lipinski definition) is 1. The van der Waals surface area contributed by atoms with Gasteiger partial charge in [-0.3, -0.25) is 9.69 Å². The molecule has 0 saturated heterocycles. The SMILES string of the molecule is CCCC(COC)NCc1csc(N(CC)C(C)=O)n1. The molecule has 114 valence electrons. The average Bonchev–Trinajstić information content (AvgIpc) is 2.85. The highest BCUT2D eigenvalue weighted by Crippen LogP contribution is 2.20. The highest BCUT2D eigenvalue weighted by Gasteiger charge is 2.14. The van der Waals surface area contributed by atoms with Gasteiger partial charge in [-0.15, -0.1) is 11.3 Å². The summed E-state index contributed by atoms with van der Waals surface area (Å²) in [5, 5.41) is 6.23. The first kappa shape index (κ1) is 17.1. The van der Waals surface area contributed by atoms with Crippen LogP contribution >= 0.6 is 11.3 Å². The molecule has 0 spiro atoms. The van der Waals surface area contributed by atoms with Crippen molar-refractivity contribution in [3.63, 3.8) is 0 Å². The Morgan fingerprint density at radius 1 is 1.55 bits per heavy atom. The Morgan fingerprint density at radius 2 is 2.30 bits per heavy atom. The van der Waals surface area contributed by atoms with Crippen molar-refractivity contribution in [2.24, 2.45) is 0 Å². The molecule has 1 aromatic rings. The lowest BCUT2D eigenvalue weighted by Gasteiger charge is -2.16. The van der Waals surface area contributed by atoms with Crippen molar-refractivity contribution >= 4 is 22.4 Å². The molecule has 0 aliphatic rings. The van der Waals surface area contributed by atoms with Crippen LogP contribution in [0.15, 0.2) is 5.38 Å². The molecule has 0 aliphatic carbocycles. The molecule has 1 atom stereocenters. The van der Waals surface area contributed by atoms with E-state index in [-0.39, 0.29) is 5.91 Å². The van der Waals surface area contributed by atoms with E-state index in [1.807, 2.05) is 12.3 Å². The molecule has 20 heavy (non-hydrogen) atoms. The summed E-state index contributed by atoms with van der Waals surface area (Å²) < 4.78 is 5.20. The van der Waals surface area contributed by atoms with Gasteiger partial charge in [0.05, 0.1) is 12.3 Å². The van der Waals surface area contributed by atoms with Crippen molar-refractivity contribution in [1.82, 2.24) is 10.3 Å². The number of nitrogens with zero attached hydrogens (tertiary/aromatic N) is 2. The highest BCUT2D eigenvalue weighted by molar-refractivity contribution is 7.14. The van der Waals surface area contributed by atoms with Gasteiger partial charge < -0.3 is 10.1 Å². The molecule has 1 amide bonds. The van der Waals surface area contributed by atoms with Gasteiger partial charge in [-0.25, -0.2) is 4.98 Å². The van der Waals surface area contributed by atoms with Crippen LogP contribution in [0.4, 0.5) is 5.13 Å². The van der Waals surface area contributed by atoms with E-state index < -0.39 is 0 Å². The van der Waals surface area contributed by atoms with Crippen molar-refractivity contribution in [3.05, 3.63) is 11.1 Å². The monoisotopic (exact) mass is 299 g/mol. The fourth-order valence-electron chi connectivity index (χ4n) is 2.04. The largest absolute Gasteiger partial charge is 0.383 e. The number of rotatable bonds is 9. The minimum absolute atomic E-state index is 0.0320. The normalized spacial score (nSPS) is 12.4. The van der Waals surface area contributed by atoms with E-state index in [2.05, 4.69) is 17.2 Å². The number of carbonyl (C=O) groups is 1. The lowest BCUT2D eigenvalue weighted by Crippen LogP contribution is -2.32. The predicted molar refractivity (Wildman–Crippen MR) is 83.2 cm³/mol. The van der Waals surface area contributed by atoms with E-state index in [1.165, 1.54) is 11.3 Å². The van der Waals surface area contributed by atoms with E-state index in [4.69, 9.17) is 4.74 Å². The van der Waals surface area contributed by atoms with Crippen molar-refractivity contribution in [2.45, 2.75) is 46.2 Å². The average molecular weight is 299 g/mol. The van der Waals surface area contributed by atoms with E-state index in [9.17, 15) is 4.79 Å². The van der Waals surface area contributed by atoms with Crippen LogP contribution in [0.25, 0.3) is 0 Å². The van der Waals surface area contributed by atoms with Crippen molar-refractivity contribution in [3.8, 4) is 0 Å². The predicted octanol–water partition coefficient (Wildman–Crippen LogP) is 2.42. The van der Waals surface area contributed by atoms with E-state index in [0.29, 0.717) is 25.7 Å². The molecule has 0 fully saturated rings. The Hall–Kier alpha value is -0.980. The van der Waals surface area contributed by atoms with Gasteiger partial charge in [0.15, 0.2) is 5.13 Å². The van der Waals surface area contributed by atoms with Gasteiger partial charge in [0.25, 0.3) is 0 Å². The van der Waals surface area contributed by atoms with Gasteiger partial charge in [0.1, 0.15) is 0 Å². The third-order valence-corrected chi connectivity index (χ3v) is 3.96. The Labute approximate surface area is 125 Å². The summed E-state index contributed by atoms with van der Waals surface area (Å²) in [6.45, 7) is 7.75. The third kappa shape index (κ3) is 5.19. The molecule has 0 radical (unpaired) electrons. The van der Waals surface area contributed by atoms with Crippen LogP contribution in [0.5, 0.6) is 0 Å². The van der Waals surface area contributed by atoms with Crippen LogP contribution < -0.4 is 10.2 Å². The first-order valence-corrected chi connectivity index (χ1v) is 7.95. The summed E-state index contributed by atoms with van der Waals surface area (Å²) in [5.41, 5.74) is 0.974. The molecule has 0 bridgehead atoms. The van der Waals surface area contributed by atoms with Gasteiger partial charge >= 0.3 is 0 Å². The van der Waals surface area contributed by atoms with Gasteiger partial charge in [-0.05, 0) is 13.3 Å². The molecule has 1 N–H and O–H groups in total. The van der Waals surface area contributed by atoms with Crippen LogP contribution in [-0.4, -0.2) is 37.2 Å². The lowest BCUT2D eigenvalue weighted by atomic mass is 10.2. The minimum Gasteiger partial charge on any atom is -0.383 e. The van der Waals surface area contributed by atoms with Crippen LogP contribution in [0.1, 0.15) is 39.3 Å². The molecular weight excluding hydrogens is 274 g/mol. The zero-order valence-corrected chi connectivity index (χ0v) is 13.6. The number of hydrogen-bond acceptors (Lipinski definition) is 5. The number of methoxy groups -OCH3 is 1. The van der Waals surface area contributed by atoms with Crippen molar-refractivity contribution in [1.29, 1.82) is 0 Å². The summed E-state index contributed by atoms with van der Waals surface area (Å²) in [4.78, 5) is 17.7. The molecule has 1 heterocycles. The molecule has 1 unspecified atom stereocenters. The Bertz CT molecular complexity index is 403. The van der Waals surface area contributed by atoms with Gasteiger partial charge in [-0.1, -0.05) is 13.3 Å². The summed E-state index contributed by atoms with van der Waals surface area (Å²) in [6, 6.07) is 0.352. The number of aromatic nitrogens is 1. The number of anilines is 1. The first-order valence-electron chi connectivity index (χ1n) is 7.07. The molecule has 1 aromatic heterocycles. The zero-order valence-electron chi connectivity index (χ0n) is 12.8. The quantitative estimate of drug-likeness (QED) is 0.761. The summed E-state index contributed by atoms with van der Waals surface area (Å²) in [6.07, 6.45) is 2.21. The summed E-state index contributed by atoms with van der Waals surface area (Å²) in [5.74, 6) is 0.0320. The molecule has 0 saturated carbocycles. The molecule has 5 nitrogen and oxygen atoms in total. The number of amides is 1. The Kier molecular flexibility index (Phi) is 7.72. The standard InChI is InChI=1S/C14H25N3O2S/c1-5-7-12(9-19-4)15-8-13-10-20-14(16-13)17(6-2)11(3)18/h10,12,15H,5-9H2,1-4H3. The second-order valence-corrected chi connectivity index (χ2v) is 5.54. The van der Waals surface area contributed by atoms with Crippen LogP contribution in [0.3, 0.4) is 0 Å². The second-order valence-electron chi connectivity index (χ2n) is 4.71. The van der Waals surface area contributed by atoms with Gasteiger partial charge in [0.2, 0.25) is 5.91 Å². The number of carbonyl (C=O) groups excluding carboxylic acids is 1. The van der Waals surface area contributed by atoms with Gasteiger partial charge in [-0.2, -0.15) is 0 Å². The Balaban J connectivity index is 2.56. The van der Waals surface area contributed by atoms with E-state index in [0.717, 1.165) is 23.7 Å². The van der Waals surface area contributed by atoms with Crippen molar-refractivity contribution < 1.29 is 9.53 Å². The van der Waals surface area contributed by atoms with Crippen LogP contribution in [0, 0.1) is 0 Å². The molecule has 0 aliphatic heterocycles. The van der Waals surface area contributed by atoms with E-state index in [1.54, 1.807) is 18.9 Å². The smallest absolute Gasteiger partial charge is 0.225 e. The first-order chi connectivity index (χ1) is 9.62. The Morgan fingerprint density at radius 3 is 2.85 bits per heavy atom. The van der Waals surface area contributed by atoms with Crippen molar-refractivity contribution in [2.75, 3.05) is 25.2 Å². The molecular formula is C14H25N3O2S. The maximum Gasteiger partial charge on any atom is 0.225 e. The van der Waals surface area contributed by atoms with Crippen LogP contribution in [-0.2, 0) is 16.1 Å². The maximum absolute atomic E-state index is 11.5. The third-order valence-electron chi connectivity index (χ3n) is 3.04. The van der Waals surface area contributed by atoms with E-state index >= 15 is 0 Å². The number of thiazole rings is 1. The second kappa shape index (κ2) is 9.05. The topological polar surface area (TPSA) is 54.5 Å². The highest BCUT2D eigenvalue weighted by atomic mass is 32.1. The van der Waals surface area contributed by atoms with Gasteiger partial charge in [0, 0.05) is 38.5 Å². The number of ether oxygens (including phenoxy) is 1. The molecule has 6 heteroatoms. The maximum atomic E-state index is 11.5. The summed E-state index contributed by atoms with van der Waals surface area (Å²) >= 11 is 1.51. The zero-order chi connectivity index (χ0) is 15.0. The minimum atomic E-state index is 0.0320. The number of nitrogens with one attached hydrogen (secondary N) is 1. The fourth-order valence-corrected chi connectivity index (χ4v) is 2.97. The lowest BCUT2D eigenvalue weighted by molar-refractivity contribution is -0.116. The molecule has 0 aromatic carbocycles. The van der Waals surface area contributed by atoms with Crippen LogP contribution in [0.2, 0.25) is 0 Å². The molecule has 1 rings (SSSR count). The summed E-state index contributed by atoms with van der Waals surface area (Å²) in [7, 11) is 1.72. The fraction of sp³-hybridized carbons (Fsp3) is 0.714.